The van der Waals surface area contributed by atoms with E-state index >= 15 is 0 Å². The van der Waals surface area contributed by atoms with Crippen LogP contribution in [0, 0.1) is 13.8 Å². The van der Waals surface area contributed by atoms with Crippen molar-refractivity contribution >= 4 is 51.3 Å². The Balaban J connectivity index is 2.70. The summed E-state index contributed by atoms with van der Waals surface area (Å²) in [7, 11) is 0. The Morgan fingerprint density at radius 3 is 2.36 bits per heavy atom. The van der Waals surface area contributed by atoms with Gasteiger partial charge in [0.1, 0.15) is 0 Å². The molecule has 1 atom stereocenters. The lowest BCUT2D eigenvalue weighted by Crippen LogP contribution is -2.33. The number of aromatic nitrogens is 1. The highest BCUT2D eigenvalue weighted by Gasteiger charge is 2.31. The summed E-state index contributed by atoms with van der Waals surface area (Å²) in [4.78, 5) is 5.19. The molecule has 0 spiro atoms. The molecule has 0 saturated carbocycles. The number of nitrogens with zero attached hydrogens (tertiary/aromatic N) is 1. The van der Waals surface area contributed by atoms with Crippen LogP contribution in [0.1, 0.15) is 10.6 Å². The first-order valence-corrected chi connectivity index (χ1v) is 5.71. The molecule has 7 heteroatoms. The van der Waals surface area contributed by atoms with Crippen LogP contribution in [0.25, 0.3) is 0 Å². The van der Waals surface area contributed by atoms with Crippen molar-refractivity contribution in [3.8, 4) is 0 Å². The number of aryl methyl sites for hydroxylation is 2. The number of thiazole rings is 1. The fraction of sp³-hybridized carbons (Fsp3) is 0.571. The average Bonchev–Trinajstić information content (AvgIpc) is 2.29. The van der Waals surface area contributed by atoms with E-state index in [1.165, 1.54) is 11.3 Å². The SMILES string of the molecule is Cc1nc(N[C@H](O)C(Cl)(Cl)Cl)sc1C. The number of aliphatic hydroxyl groups is 1. The molecule has 1 heterocycles. The Morgan fingerprint density at radius 2 is 2.00 bits per heavy atom. The molecule has 0 radical (unpaired) electrons. The van der Waals surface area contributed by atoms with Crippen molar-refractivity contribution in [2.24, 2.45) is 0 Å². The Hall–Kier alpha value is 0.260. The molecule has 0 bridgehead atoms. The summed E-state index contributed by atoms with van der Waals surface area (Å²) in [5.41, 5.74) is 0.897. The molecule has 0 aliphatic carbocycles. The predicted molar refractivity (Wildman–Crippen MR) is 61.5 cm³/mol. The molecule has 0 aromatic carbocycles. The maximum atomic E-state index is 9.40. The quantitative estimate of drug-likeness (QED) is 0.644. The van der Waals surface area contributed by atoms with E-state index in [2.05, 4.69) is 10.3 Å². The lowest BCUT2D eigenvalue weighted by molar-refractivity contribution is 0.208. The van der Waals surface area contributed by atoms with E-state index in [1.54, 1.807) is 0 Å². The van der Waals surface area contributed by atoms with Crippen molar-refractivity contribution in [3.63, 3.8) is 0 Å². The van der Waals surface area contributed by atoms with Crippen molar-refractivity contribution in [2.75, 3.05) is 5.32 Å². The van der Waals surface area contributed by atoms with Crippen LogP contribution < -0.4 is 5.32 Å². The smallest absolute Gasteiger partial charge is 0.234 e. The topological polar surface area (TPSA) is 45.2 Å². The number of alkyl halides is 3. The Bertz CT molecular complexity index is 304. The van der Waals surface area contributed by atoms with Crippen LogP contribution >= 0.6 is 46.1 Å². The molecule has 1 rings (SSSR count). The second-order valence-electron chi connectivity index (χ2n) is 2.75. The van der Waals surface area contributed by atoms with Crippen LogP contribution in [-0.2, 0) is 0 Å². The summed E-state index contributed by atoms with van der Waals surface area (Å²) in [6, 6.07) is 0. The molecule has 1 aromatic rings. The molecule has 14 heavy (non-hydrogen) atoms. The zero-order valence-corrected chi connectivity index (χ0v) is 10.6. The number of rotatable bonds is 2. The van der Waals surface area contributed by atoms with Gasteiger partial charge in [-0.15, -0.1) is 11.3 Å². The minimum Gasteiger partial charge on any atom is -0.369 e. The molecule has 0 unspecified atom stereocenters. The average molecular weight is 276 g/mol. The lowest BCUT2D eigenvalue weighted by atomic mass is 10.4. The van der Waals surface area contributed by atoms with Gasteiger partial charge in [-0.3, -0.25) is 0 Å². The highest BCUT2D eigenvalue weighted by Crippen LogP contribution is 2.32. The summed E-state index contributed by atoms with van der Waals surface area (Å²) >= 11 is 17.8. The van der Waals surface area contributed by atoms with Crippen LogP contribution in [0.2, 0.25) is 0 Å². The standard InChI is InChI=1S/C7H9Cl3N2OS/c1-3-4(2)14-6(11-3)12-5(13)7(8,9)10/h5,13H,1-2H3,(H,11,12)/t5-/m1/s1. The normalized spacial score (nSPS) is 14.1. The van der Waals surface area contributed by atoms with Gasteiger partial charge in [-0.1, -0.05) is 34.8 Å². The molecule has 2 N–H and O–H groups in total. The highest BCUT2D eigenvalue weighted by atomic mass is 35.6. The van der Waals surface area contributed by atoms with Crippen molar-refractivity contribution in [1.29, 1.82) is 0 Å². The minimum atomic E-state index is -1.76. The van der Waals surface area contributed by atoms with Gasteiger partial charge < -0.3 is 10.4 Å². The van der Waals surface area contributed by atoms with Gasteiger partial charge in [0.05, 0.1) is 5.69 Å². The number of hydrogen-bond acceptors (Lipinski definition) is 4. The third kappa shape index (κ3) is 3.14. The van der Waals surface area contributed by atoms with Gasteiger partial charge >= 0.3 is 0 Å². The van der Waals surface area contributed by atoms with Crippen LogP contribution in [0.5, 0.6) is 0 Å². The molecule has 0 aliphatic heterocycles. The number of halogens is 3. The largest absolute Gasteiger partial charge is 0.369 e. The summed E-state index contributed by atoms with van der Waals surface area (Å²) < 4.78 is -1.76. The lowest BCUT2D eigenvalue weighted by Gasteiger charge is -2.19. The third-order valence-electron chi connectivity index (χ3n) is 1.60. The second-order valence-corrected chi connectivity index (χ2v) is 6.32. The summed E-state index contributed by atoms with van der Waals surface area (Å²) in [5.74, 6) is 0. The maximum Gasteiger partial charge on any atom is 0.234 e. The van der Waals surface area contributed by atoms with Crippen molar-refractivity contribution in [1.82, 2.24) is 4.98 Å². The number of hydrogen-bond donors (Lipinski definition) is 2. The summed E-state index contributed by atoms with van der Waals surface area (Å²) in [5, 5.41) is 12.6. The first-order chi connectivity index (χ1) is 6.30. The van der Waals surface area contributed by atoms with E-state index < -0.39 is 10.0 Å². The van der Waals surface area contributed by atoms with E-state index in [0.29, 0.717) is 5.13 Å². The second kappa shape index (κ2) is 4.41. The molecular weight excluding hydrogens is 267 g/mol. The Morgan fingerprint density at radius 1 is 1.43 bits per heavy atom. The molecule has 80 valence electrons. The number of aliphatic hydroxyl groups excluding tert-OH is 1. The Labute approximate surface area is 101 Å². The van der Waals surface area contributed by atoms with Gasteiger partial charge in [-0.25, -0.2) is 4.98 Å². The van der Waals surface area contributed by atoms with E-state index in [4.69, 9.17) is 34.8 Å². The van der Waals surface area contributed by atoms with Gasteiger partial charge in [0.25, 0.3) is 0 Å². The van der Waals surface area contributed by atoms with Crippen LogP contribution in [0.4, 0.5) is 5.13 Å². The highest BCUT2D eigenvalue weighted by molar-refractivity contribution is 7.15. The first-order valence-electron chi connectivity index (χ1n) is 3.76. The van der Waals surface area contributed by atoms with Gasteiger partial charge in [-0.2, -0.15) is 0 Å². The molecule has 0 fully saturated rings. The molecule has 0 aliphatic rings. The monoisotopic (exact) mass is 274 g/mol. The molecule has 1 aromatic heterocycles. The molecule has 0 saturated heterocycles. The van der Waals surface area contributed by atoms with E-state index in [1.807, 2.05) is 13.8 Å². The van der Waals surface area contributed by atoms with Gasteiger partial charge in [0.2, 0.25) is 3.79 Å². The van der Waals surface area contributed by atoms with E-state index in [9.17, 15) is 5.11 Å². The summed E-state index contributed by atoms with van der Waals surface area (Å²) in [6.07, 6.45) is -1.27. The predicted octanol–water partition coefficient (Wildman–Crippen LogP) is 2.86. The zero-order chi connectivity index (χ0) is 10.9. The molecule has 0 amide bonds. The Kier molecular flexibility index (Phi) is 3.88. The van der Waals surface area contributed by atoms with Crippen molar-refractivity contribution in [2.45, 2.75) is 23.9 Å². The number of anilines is 1. The van der Waals surface area contributed by atoms with E-state index in [-0.39, 0.29) is 0 Å². The van der Waals surface area contributed by atoms with Crippen LogP contribution in [-0.4, -0.2) is 20.1 Å². The van der Waals surface area contributed by atoms with Gasteiger partial charge in [0, 0.05) is 4.88 Å². The van der Waals surface area contributed by atoms with Gasteiger partial charge in [-0.05, 0) is 13.8 Å². The van der Waals surface area contributed by atoms with Gasteiger partial charge in [0.15, 0.2) is 11.4 Å². The minimum absolute atomic E-state index is 0.541. The van der Waals surface area contributed by atoms with Crippen LogP contribution in [0.15, 0.2) is 0 Å². The maximum absolute atomic E-state index is 9.40. The first kappa shape index (κ1) is 12.3. The third-order valence-corrected chi connectivity index (χ3v) is 3.22. The fourth-order valence-corrected chi connectivity index (χ4v) is 1.73. The summed E-state index contributed by atoms with van der Waals surface area (Å²) in [6.45, 7) is 3.80. The zero-order valence-electron chi connectivity index (χ0n) is 7.51. The number of nitrogens with one attached hydrogen (secondary N) is 1. The van der Waals surface area contributed by atoms with Crippen molar-refractivity contribution < 1.29 is 5.11 Å². The van der Waals surface area contributed by atoms with Crippen LogP contribution in [0.3, 0.4) is 0 Å². The van der Waals surface area contributed by atoms with E-state index in [0.717, 1.165) is 10.6 Å². The molecular formula is C7H9Cl3N2OS. The van der Waals surface area contributed by atoms with Crippen molar-refractivity contribution in [3.05, 3.63) is 10.6 Å². The fourth-order valence-electron chi connectivity index (χ4n) is 0.733. The molecule has 3 nitrogen and oxygen atoms in total.